The van der Waals surface area contributed by atoms with Gasteiger partial charge >= 0.3 is 0 Å². The SMILES string of the molecule is Cc1cccc2c1C13CCNC(C)[C@]1(O)CCC(=O)[C@@H]3O2. The number of rotatable bonds is 0. The van der Waals surface area contributed by atoms with Gasteiger partial charge in [0, 0.05) is 18.0 Å². The van der Waals surface area contributed by atoms with Crippen molar-refractivity contribution in [3.05, 3.63) is 29.3 Å². The Morgan fingerprint density at radius 3 is 3.00 bits per heavy atom. The van der Waals surface area contributed by atoms with Crippen LogP contribution in [0.5, 0.6) is 5.75 Å². The topological polar surface area (TPSA) is 58.6 Å². The van der Waals surface area contributed by atoms with Crippen LogP contribution in [0.15, 0.2) is 18.2 Å². The van der Waals surface area contributed by atoms with Crippen molar-refractivity contribution in [2.75, 3.05) is 6.54 Å². The molecule has 21 heavy (non-hydrogen) atoms. The average molecular weight is 287 g/mol. The Kier molecular flexibility index (Phi) is 2.58. The second-order valence-corrected chi connectivity index (χ2v) is 6.73. The van der Waals surface area contributed by atoms with E-state index in [1.165, 1.54) is 0 Å². The zero-order chi connectivity index (χ0) is 14.8. The molecule has 1 aromatic carbocycles. The van der Waals surface area contributed by atoms with Crippen molar-refractivity contribution in [1.29, 1.82) is 0 Å². The average Bonchev–Trinajstić information content (AvgIpc) is 2.80. The molecule has 1 aliphatic carbocycles. The number of carbonyl (C=O) groups excluding carboxylic acids is 1. The Morgan fingerprint density at radius 2 is 2.19 bits per heavy atom. The van der Waals surface area contributed by atoms with Crippen LogP contribution in [0.1, 0.15) is 37.3 Å². The number of aliphatic hydroxyl groups is 1. The maximum Gasteiger partial charge on any atom is 0.174 e. The fourth-order valence-electron chi connectivity index (χ4n) is 4.85. The molecular formula is C17H21NO3. The van der Waals surface area contributed by atoms with Crippen molar-refractivity contribution in [2.45, 2.75) is 56.3 Å². The number of benzene rings is 1. The zero-order valence-electron chi connectivity index (χ0n) is 12.5. The van der Waals surface area contributed by atoms with Gasteiger partial charge in [-0.15, -0.1) is 0 Å². The van der Waals surface area contributed by atoms with Gasteiger partial charge in [-0.05, 0) is 44.9 Å². The predicted octanol–water partition coefficient (Wildman–Crippen LogP) is 1.47. The third-order valence-corrected chi connectivity index (χ3v) is 5.88. The maximum atomic E-state index is 12.5. The van der Waals surface area contributed by atoms with Crippen LogP contribution in [0.25, 0.3) is 0 Å². The molecule has 2 unspecified atom stereocenters. The zero-order valence-corrected chi connectivity index (χ0v) is 12.5. The molecule has 0 bridgehead atoms. The van der Waals surface area contributed by atoms with Crippen molar-refractivity contribution >= 4 is 5.78 Å². The van der Waals surface area contributed by atoms with Gasteiger partial charge in [0.25, 0.3) is 0 Å². The van der Waals surface area contributed by atoms with Crippen molar-refractivity contribution in [2.24, 2.45) is 0 Å². The van der Waals surface area contributed by atoms with Crippen LogP contribution in [0, 0.1) is 6.92 Å². The third-order valence-electron chi connectivity index (χ3n) is 5.88. The molecule has 0 amide bonds. The second-order valence-electron chi connectivity index (χ2n) is 6.73. The number of hydrogen-bond donors (Lipinski definition) is 2. The monoisotopic (exact) mass is 287 g/mol. The summed E-state index contributed by atoms with van der Waals surface area (Å²) in [6.45, 7) is 4.86. The van der Waals surface area contributed by atoms with E-state index in [2.05, 4.69) is 5.32 Å². The molecule has 2 heterocycles. The summed E-state index contributed by atoms with van der Waals surface area (Å²) in [6, 6.07) is 5.88. The molecule has 1 spiro atoms. The minimum absolute atomic E-state index is 0.0454. The van der Waals surface area contributed by atoms with Gasteiger partial charge in [0.05, 0.1) is 11.0 Å². The first kappa shape index (κ1) is 13.3. The first-order valence-corrected chi connectivity index (χ1v) is 7.76. The first-order valence-electron chi connectivity index (χ1n) is 7.76. The van der Waals surface area contributed by atoms with E-state index < -0.39 is 17.1 Å². The lowest BCUT2D eigenvalue weighted by Crippen LogP contribution is -2.73. The summed E-state index contributed by atoms with van der Waals surface area (Å²) in [5.41, 5.74) is 0.644. The van der Waals surface area contributed by atoms with Crippen LogP contribution >= 0.6 is 0 Å². The summed E-state index contributed by atoms with van der Waals surface area (Å²) in [5.74, 6) is 0.909. The van der Waals surface area contributed by atoms with E-state index in [-0.39, 0.29) is 11.8 Å². The predicted molar refractivity (Wildman–Crippen MR) is 78.5 cm³/mol. The van der Waals surface area contributed by atoms with E-state index in [4.69, 9.17) is 4.74 Å². The minimum atomic E-state index is -0.929. The number of hydrogen-bond acceptors (Lipinski definition) is 4. The van der Waals surface area contributed by atoms with Crippen LogP contribution in [-0.2, 0) is 10.2 Å². The smallest absolute Gasteiger partial charge is 0.174 e. The van der Waals surface area contributed by atoms with E-state index in [9.17, 15) is 9.90 Å². The van der Waals surface area contributed by atoms with Gasteiger partial charge in [-0.3, -0.25) is 4.79 Å². The first-order chi connectivity index (χ1) is 10.0. The van der Waals surface area contributed by atoms with Gasteiger partial charge in [-0.2, -0.15) is 0 Å². The van der Waals surface area contributed by atoms with Crippen LogP contribution in [0.4, 0.5) is 0 Å². The lowest BCUT2D eigenvalue weighted by atomic mass is 9.53. The van der Waals surface area contributed by atoms with E-state index in [0.717, 1.165) is 29.8 Å². The Labute approximate surface area is 124 Å². The highest BCUT2D eigenvalue weighted by Crippen LogP contribution is 2.58. The number of Topliss-reactive ketones (excluding diaryl/α,β-unsaturated/α-hetero) is 1. The Morgan fingerprint density at radius 1 is 1.38 bits per heavy atom. The fraction of sp³-hybridized carbons (Fsp3) is 0.588. The Bertz CT molecular complexity index is 628. The van der Waals surface area contributed by atoms with Crippen LogP contribution < -0.4 is 10.1 Å². The van der Waals surface area contributed by atoms with Crippen molar-refractivity contribution in [1.82, 2.24) is 5.32 Å². The number of fused-ring (bicyclic) bond motifs is 1. The second kappa shape index (κ2) is 4.08. The number of ether oxygens (including phenoxy) is 1. The van der Waals surface area contributed by atoms with E-state index in [1.807, 2.05) is 32.0 Å². The molecule has 2 fully saturated rings. The van der Waals surface area contributed by atoms with E-state index in [0.29, 0.717) is 12.8 Å². The normalized spacial score (nSPS) is 41.0. The van der Waals surface area contributed by atoms with Crippen molar-refractivity contribution < 1.29 is 14.6 Å². The van der Waals surface area contributed by atoms with Crippen LogP contribution in [0.2, 0.25) is 0 Å². The fourth-order valence-corrected chi connectivity index (χ4v) is 4.85. The molecule has 2 aliphatic heterocycles. The molecule has 1 aromatic rings. The number of piperidine rings is 1. The molecule has 0 aromatic heterocycles. The lowest BCUT2D eigenvalue weighted by Gasteiger charge is -2.56. The number of ketones is 1. The molecule has 1 saturated carbocycles. The molecule has 4 rings (SSSR count). The number of carbonyl (C=O) groups is 1. The van der Waals surface area contributed by atoms with E-state index in [1.54, 1.807) is 0 Å². The highest BCUT2D eigenvalue weighted by atomic mass is 16.5. The van der Waals surface area contributed by atoms with Crippen molar-refractivity contribution in [3.8, 4) is 5.75 Å². The quantitative estimate of drug-likeness (QED) is 0.758. The molecule has 0 radical (unpaired) electrons. The molecule has 4 nitrogen and oxygen atoms in total. The summed E-state index contributed by atoms with van der Waals surface area (Å²) >= 11 is 0. The van der Waals surface area contributed by atoms with Gasteiger partial charge in [0.2, 0.25) is 0 Å². The Balaban J connectivity index is 2.01. The standard InChI is InChI=1S/C17H21NO3/c1-10-4-3-5-13-14(10)16-8-9-18-11(2)17(16,20)7-6-12(19)15(16)21-13/h3-5,11,15,18,20H,6-9H2,1-2H3/t11?,15-,16?,17+/m0/s1. The van der Waals surface area contributed by atoms with Crippen LogP contribution in [0.3, 0.4) is 0 Å². The highest BCUT2D eigenvalue weighted by Gasteiger charge is 2.68. The third kappa shape index (κ3) is 1.40. The summed E-state index contributed by atoms with van der Waals surface area (Å²) in [4.78, 5) is 12.5. The van der Waals surface area contributed by atoms with Gasteiger partial charge in [0.15, 0.2) is 11.9 Å². The summed E-state index contributed by atoms with van der Waals surface area (Å²) in [5, 5.41) is 14.9. The van der Waals surface area contributed by atoms with Gasteiger partial charge in [-0.25, -0.2) is 0 Å². The molecule has 1 saturated heterocycles. The summed E-state index contributed by atoms with van der Waals surface area (Å²) in [7, 11) is 0. The summed E-state index contributed by atoms with van der Waals surface area (Å²) in [6.07, 6.45) is 1.11. The Hall–Kier alpha value is -1.39. The number of nitrogens with one attached hydrogen (secondary N) is 1. The largest absolute Gasteiger partial charge is 0.481 e. The summed E-state index contributed by atoms with van der Waals surface area (Å²) < 4.78 is 6.04. The minimum Gasteiger partial charge on any atom is -0.481 e. The number of aryl methyl sites for hydroxylation is 1. The molecule has 4 atom stereocenters. The molecular weight excluding hydrogens is 266 g/mol. The van der Waals surface area contributed by atoms with Crippen LogP contribution in [-0.4, -0.2) is 35.2 Å². The highest BCUT2D eigenvalue weighted by molar-refractivity contribution is 5.89. The van der Waals surface area contributed by atoms with Crippen molar-refractivity contribution in [3.63, 3.8) is 0 Å². The lowest BCUT2D eigenvalue weighted by molar-refractivity contribution is -0.162. The molecule has 112 valence electrons. The molecule has 2 N–H and O–H groups in total. The maximum absolute atomic E-state index is 12.5. The van der Waals surface area contributed by atoms with Gasteiger partial charge < -0.3 is 15.2 Å². The van der Waals surface area contributed by atoms with Gasteiger partial charge in [0.1, 0.15) is 5.75 Å². The van der Waals surface area contributed by atoms with Gasteiger partial charge in [-0.1, -0.05) is 12.1 Å². The van der Waals surface area contributed by atoms with E-state index >= 15 is 0 Å². The molecule has 4 heteroatoms. The molecule has 3 aliphatic rings.